The molecule has 0 aliphatic heterocycles. The Hall–Kier alpha value is -3.26. The van der Waals surface area contributed by atoms with Gasteiger partial charge >= 0.3 is 0 Å². The van der Waals surface area contributed by atoms with Gasteiger partial charge in [0.15, 0.2) is 5.65 Å². The summed E-state index contributed by atoms with van der Waals surface area (Å²) in [5.74, 6) is 0.230. The van der Waals surface area contributed by atoms with Gasteiger partial charge in [0.1, 0.15) is 29.2 Å². The summed E-state index contributed by atoms with van der Waals surface area (Å²) < 4.78 is 14.7. The van der Waals surface area contributed by atoms with Crippen molar-refractivity contribution in [2.45, 2.75) is 19.9 Å². The van der Waals surface area contributed by atoms with E-state index in [1.165, 1.54) is 24.8 Å². The van der Waals surface area contributed by atoms with Gasteiger partial charge in [-0.3, -0.25) is 14.3 Å². The number of hydrogen-bond donors (Lipinski definition) is 2. The fourth-order valence-corrected chi connectivity index (χ4v) is 3.06. The fourth-order valence-electron chi connectivity index (χ4n) is 2.91. The number of aryl methyl sites for hydroxylation is 1. The van der Waals surface area contributed by atoms with Gasteiger partial charge in [0.05, 0.1) is 23.0 Å². The van der Waals surface area contributed by atoms with Crippen LogP contribution >= 0.6 is 11.6 Å². The van der Waals surface area contributed by atoms with E-state index in [0.717, 1.165) is 5.56 Å². The second-order valence-corrected chi connectivity index (χ2v) is 6.85. The maximum absolute atomic E-state index is 13.1. The smallest absolute Gasteiger partial charge is 0.272 e. The first kappa shape index (κ1) is 18.1. The third-order valence-electron chi connectivity index (χ3n) is 4.37. The molecule has 142 valence electrons. The van der Waals surface area contributed by atoms with Crippen LogP contribution in [0.3, 0.4) is 0 Å². The molecular formula is C19H16ClFN6O. The number of aromatic amines is 1. The van der Waals surface area contributed by atoms with Crippen LogP contribution in [0.4, 0.5) is 10.2 Å². The predicted molar refractivity (Wildman–Crippen MR) is 105 cm³/mol. The van der Waals surface area contributed by atoms with E-state index >= 15 is 0 Å². The first-order valence-electron chi connectivity index (χ1n) is 8.53. The van der Waals surface area contributed by atoms with Crippen LogP contribution in [0.1, 0.15) is 24.2 Å². The van der Waals surface area contributed by atoms with Gasteiger partial charge in [-0.15, -0.1) is 0 Å². The summed E-state index contributed by atoms with van der Waals surface area (Å²) >= 11 is 6.02. The summed E-state index contributed by atoms with van der Waals surface area (Å²) in [7, 11) is 0. The highest BCUT2D eigenvalue weighted by Gasteiger charge is 2.15. The van der Waals surface area contributed by atoms with Gasteiger partial charge in [0, 0.05) is 6.20 Å². The first-order valence-corrected chi connectivity index (χ1v) is 8.91. The number of H-pyrrole nitrogens is 1. The lowest BCUT2D eigenvalue weighted by molar-refractivity contribution is 0.617. The summed E-state index contributed by atoms with van der Waals surface area (Å²) in [6.07, 6.45) is 4.14. The molecule has 0 aromatic carbocycles. The minimum absolute atomic E-state index is 0.199. The van der Waals surface area contributed by atoms with Gasteiger partial charge in [0.25, 0.3) is 5.56 Å². The number of rotatable bonds is 4. The molecule has 0 aliphatic rings. The monoisotopic (exact) mass is 398 g/mol. The lowest BCUT2D eigenvalue weighted by Crippen LogP contribution is -2.14. The molecule has 7 nitrogen and oxygen atoms in total. The summed E-state index contributed by atoms with van der Waals surface area (Å²) in [6, 6.07) is 6.22. The van der Waals surface area contributed by atoms with Gasteiger partial charge in [0.2, 0.25) is 0 Å². The van der Waals surface area contributed by atoms with E-state index in [2.05, 4.69) is 25.3 Å². The lowest BCUT2D eigenvalue weighted by atomic mass is 10.2. The number of aromatic nitrogens is 5. The zero-order chi connectivity index (χ0) is 19.8. The van der Waals surface area contributed by atoms with Crippen molar-refractivity contribution in [1.82, 2.24) is 24.5 Å². The van der Waals surface area contributed by atoms with Gasteiger partial charge in [-0.05, 0) is 43.7 Å². The summed E-state index contributed by atoms with van der Waals surface area (Å²) in [6.45, 7) is 3.81. The highest BCUT2D eigenvalue weighted by molar-refractivity contribution is 6.30. The molecule has 0 amide bonds. The van der Waals surface area contributed by atoms with Crippen molar-refractivity contribution in [2.24, 2.45) is 0 Å². The van der Waals surface area contributed by atoms with Crippen LogP contribution in [0, 0.1) is 12.7 Å². The fraction of sp³-hybridized carbons (Fsp3) is 0.158. The first-order chi connectivity index (χ1) is 13.4. The molecule has 0 spiro atoms. The zero-order valence-corrected chi connectivity index (χ0v) is 15.8. The van der Waals surface area contributed by atoms with Gasteiger partial charge < -0.3 is 10.3 Å². The molecule has 0 bridgehead atoms. The maximum Gasteiger partial charge on any atom is 0.272 e. The number of halogens is 2. The summed E-state index contributed by atoms with van der Waals surface area (Å²) in [5, 5.41) is 3.68. The van der Waals surface area contributed by atoms with Crippen molar-refractivity contribution in [3.8, 4) is 5.69 Å². The number of hydrogen-bond acceptors (Lipinski definition) is 5. The zero-order valence-electron chi connectivity index (χ0n) is 15.1. The molecule has 1 unspecified atom stereocenters. The summed E-state index contributed by atoms with van der Waals surface area (Å²) in [5.41, 5.74) is 2.75. The number of fused-ring (bicyclic) bond motifs is 1. The normalized spacial score (nSPS) is 12.3. The highest BCUT2D eigenvalue weighted by Crippen LogP contribution is 2.24. The highest BCUT2D eigenvalue weighted by atomic mass is 35.5. The molecule has 0 saturated carbocycles. The quantitative estimate of drug-likeness (QED) is 0.546. The Kier molecular flexibility index (Phi) is 4.56. The number of imidazole rings is 1. The van der Waals surface area contributed by atoms with Crippen molar-refractivity contribution in [3.05, 3.63) is 75.4 Å². The van der Waals surface area contributed by atoms with E-state index in [1.807, 2.05) is 19.9 Å². The number of anilines is 1. The van der Waals surface area contributed by atoms with Crippen molar-refractivity contribution in [1.29, 1.82) is 0 Å². The lowest BCUT2D eigenvalue weighted by Gasteiger charge is -2.16. The molecule has 0 radical (unpaired) electrons. The van der Waals surface area contributed by atoms with Crippen LogP contribution in [-0.2, 0) is 0 Å². The second-order valence-electron chi connectivity index (χ2n) is 6.41. The Morgan fingerprint density at radius 1 is 1.29 bits per heavy atom. The van der Waals surface area contributed by atoms with Gasteiger partial charge in [-0.25, -0.2) is 14.4 Å². The third-order valence-corrected chi connectivity index (χ3v) is 4.59. The minimum atomic E-state index is -0.387. The number of nitrogens with one attached hydrogen (secondary N) is 2. The Morgan fingerprint density at radius 2 is 2.11 bits per heavy atom. The third kappa shape index (κ3) is 3.34. The van der Waals surface area contributed by atoms with Crippen LogP contribution in [0.15, 0.2) is 47.8 Å². The molecule has 9 heteroatoms. The molecule has 0 aliphatic carbocycles. The van der Waals surface area contributed by atoms with E-state index in [4.69, 9.17) is 11.6 Å². The van der Waals surface area contributed by atoms with Crippen molar-refractivity contribution in [3.63, 3.8) is 0 Å². The van der Waals surface area contributed by atoms with E-state index in [0.29, 0.717) is 33.4 Å². The predicted octanol–water partition coefficient (Wildman–Crippen LogP) is 3.78. The molecule has 0 fully saturated rings. The topological polar surface area (TPSA) is 88.5 Å². The van der Waals surface area contributed by atoms with Crippen LogP contribution in [-0.4, -0.2) is 24.5 Å². The Morgan fingerprint density at radius 3 is 2.86 bits per heavy atom. The molecule has 1 atom stereocenters. The summed E-state index contributed by atoms with van der Waals surface area (Å²) in [4.78, 5) is 27.9. The molecule has 2 N–H and O–H groups in total. The average molecular weight is 399 g/mol. The van der Waals surface area contributed by atoms with E-state index in [-0.39, 0.29) is 17.4 Å². The van der Waals surface area contributed by atoms with Crippen LogP contribution in [0.25, 0.3) is 16.9 Å². The van der Waals surface area contributed by atoms with Crippen LogP contribution in [0.5, 0.6) is 0 Å². The van der Waals surface area contributed by atoms with Crippen molar-refractivity contribution >= 4 is 28.6 Å². The molecule has 4 rings (SSSR count). The van der Waals surface area contributed by atoms with Crippen molar-refractivity contribution in [2.75, 3.05) is 5.32 Å². The Labute approximate surface area is 164 Å². The average Bonchev–Trinajstić information content (AvgIpc) is 3.07. The van der Waals surface area contributed by atoms with E-state index in [1.54, 1.807) is 16.7 Å². The number of pyridine rings is 3. The molecular weight excluding hydrogens is 383 g/mol. The number of nitrogens with zero attached hydrogens (tertiary/aromatic N) is 4. The second kappa shape index (κ2) is 7.05. The van der Waals surface area contributed by atoms with Crippen LogP contribution < -0.4 is 10.9 Å². The molecule has 0 saturated heterocycles. The SMILES string of the molecule is Cc1cc2ncn(-c3cc(Cl)c[nH]c3=O)c2nc1NC(C)c1ccc(F)cn1. The van der Waals surface area contributed by atoms with E-state index < -0.39 is 0 Å². The van der Waals surface area contributed by atoms with Crippen LogP contribution in [0.2, 0.25) is 5.02 Å². The maximum atomic E-state index is 13.1. The molecule has 28 heavy (non-hydrogen) atoms. The molecule has 4 aromatic rings. The van der Waals surface area contributed by atoms with Gasteiger partial charge in [-0.1, -0.05) is 11.6 Å². The van der Waals surface area contributed by atoms with Crippen molar-refractivity contribution < 1.29 is 4.39 Å². The standard InChI is InChI=1S/C19H16ClFN6O/c1-10-5-15-18(27(9-24-15)16-6-12(20)7-23-19(16)28)26-17(10)25-11(2)14-4-3-13(21)8-22-14/h3-9,11H,1-2H3,(H,23,28)(H,25,26). The van der Waals surface area contributed by atoms with E-state index in [9.17, 15) is 9.18 Å². The largest absolute Gasteiger partial charge is 0.362 e. The minimum Gasteiger partial charge on any atom is -0.362 e. The Bertz CT molecular complexity index is 1220. The Balaban J connectivity index is 1.76. The molecule has 4 heterocycles. The van der Waals surface area contributed by atoms with Gasteiger partial charge in [-0.2, -0.15) is 0 Å². The molecule has 4 aromatic heterocycles.